The minimum atomic E-state index is -0.371. The van der Waals surface area contributed by atoms with Crippen LogP contribution in [0, 0.1) is 10.4 Å². The Morgan fingerprint density at radius 1 is 0.833 bits per heavy atom. The van der Waals surface area contributed by atoms with Crippen molar-refractivity contribution in [3.8, 4) is 0 Å². The zero-order valence-electron chi connectivity index (χ0n) is 5.68. The van der Waals surface area contributed by atoms with Gasteiger partial charge in [-0.15, -0.1) is 34.0 Å². The molecule has 0 atom stereocenters. The summed E-state index contributed by atoms with van der Waals surface area (Å²) in [6.07, 6.45) is 2.51. The summed E-state index contributed by atoms with van der Waals surface area (Å²) >= 11 is 0. The van der Waals surface area contributed by atoms with Gasteiger partial charge in [0, 0.05) is 12.4 Å². The lowest BCUT2D eigenvalue weighted by molar-refractivity contribution is 1.23. The predicted molar refractivity (Wildman–Crippen MR) is 52.9 cm³/mol. The fraction of sp³-hybridized carbons (Fsp3) is 0. The fourth-order valence-electron chi connectivity index (χ4n) is 0.865. The van der Waals surface area contributed by atoms with Crippen molar-refractivity contribution in [1.82, 2.24) is 9.97 Å². The van der Waals surface area contributed by atoms with Crippen LogP contribution in [0.25, 0.3) is 0 Å². The summed E-state index contributed by atoms with van der Waals surface area (Å²) in [5.41, 5.74) is -0.741. The second-order valence-electron chi connectivity index (χ2n) is 1.95. The molecule has 0 unspecified atom stereocenters. The van der Waals surface area contributed by atoms with Gasteiger partial charge < -0.3 is 0 Å². The highest BCUT2D eigenvalue weighted by Gasteiger charge is 2.00. The van der Waals surface area contributed by atoms with Crippen LogP contribution >= 0.6 is 34.0 Å². The van der Waals surface area contributed by atoms with Crippen LogP contribution in [0.5, 0.6) is 0 Å². The minimum absolute atomic E-state index is 0. The lowest BCUT2D eigenvalue weighted by atomic mass is 10.4. The molecule has 0 saturated heterocycles. The Kier molecular flexibility index (Phi) is 3.66. The van der Waals surface area contributed by atoms with E-state index in [9.17, 15) is 9.59 Å². The Morgan fingerprint density at radius 2 is 1.17 bits per heavy atom. The van der Waals surface area contributed by atoms with Crippen molar-refractivity contribution in [1.29, 1.82) is 0 Å². The van der Waals surface area contributed by atoms with Gasteiger partial charge in [-0.3, -0.25) is 9.59 Å². The molecule has 0 amide bonds. The Bertz CT molecular complexity index is 456. The van der Waals surface area contributed by atoms with Crippen LogP contribution in [0.3, 0.4) is 0 Å². The van der Waals surface area contributed by atoms with Gasteiger partial charge in [0.2, 0.25) is 0 Å². The van der Waals surface area contributed by atoms with Gasteiger partial charge in [-0.1, -0.05) is 0 Å². The third-order valence-corrected chi connectivity index (χ3v) is 1.37. The summed E-state index contributed by atoms with van der Waals surface area (Å²) in [6, 6.07) is 0. The van der Waals surface area contributed by atoms with Crippen LogP contribution in [-0.2, 0) is 0 Å². The molecule has 12 heavy (non-hydrogen) atoms. The number of aromatic nitrogens is 2. The van der Waals surface area contributed by atoms with Gasteiger partial charge in [-0.2, -0.15) is 0 Å². The van der Waals surface area contributed by atoms with Crippen molar-refractivity contribution in [2.24, 2.45) is 0 Å². The number of nitrogens with zero attached hydrogens (tertiary/aromatic N) is 2. The Hall–Kier alpha value is -0.620. The van der Waals surface area contributed by atoms with Crippen LogP contribution in [0.4, 0.5) is 0 Å². The average Bonchev–Trinajstić information content (AvgIpc) is 2.41. The Balaban J connectivity index is 0.000000605. The summed E-state index contributed by atoms with van der Waals surface area (Å²) in [4.78, 5) is 28.2. The van der Waals surface area contributed by atoms with Crippen molar-refractivity contribution in [3.05, 3.63) is 43.5 Å². The van der Waals surface area contributed by atoms with Crippen molar-refractivity contribution in [2.45, 2.75) is 0 Å². The topological polar surface area (TPSA) is 59.9 Å². The van der Waals surface area contributed by atoms with Gasteiger partial charge >= 0.3 is 0 Å². The monoisotopic (exact) mass is 294 g/mol. The maximum Gasteiger partial charge on any atom is 0.279 e. The third kappa shape index (κ3) is 1.44. The predicted octanol–water partition coefficient (Wildman–Crippen LogP) is -0.0468. The molecule has 0 aromatic rings. The van der Waals surface area contributed by atoms with Crippen LogP contribution in [0.15, 0.2) is 22.0 Å². The normalized spacial score (nSPS) is 9.00. The van der Waals surface area contributed by atoms with E-state index in [0.717, 1.165) is 0 Å². The van der Waals surface area contributed by atoms with Crippen molar-refractivity contribution >= 4 is 34.0 Å². The molecule has 0 aromatic heterocycles. The molecule has 0 radical (unpaired) electrons. The molecule has 4 nitrogen and oxygen atoms in total. The molecular formula is C6H4Br2N2O2. The molecule has 0 spiro atoms. The van der Waals surface area contributed by atoms with Gasteiger partial charge in [0.25, 0.3) is 11.1 Å². The highest BCUT2D eigenvalue weighted by Crippen LogP contribution is 1.81. The number of rotatable bonds is 0. The van der Waals surface area contributed by atoms with Crippen molar-refractivity contribution in [2.75, 3.05) is 0 Å². The first kappa shape index (κ1) is 11.4. The van der Waals surface area contributed by atoms with Crippen LogP contribution in [0.1, 0.15) is 0 Å². The molecule has 2 aliphatic heterocycles. The smallest absolute Gasteiger partial charge is 0.267 e. The quantitative estimate of drug-likeness (QED) is 0.684. The molecule has 0 fully saturated rings. The Morgan fingerprint density at radius 3 is 1.50 bits per heavy atom. The number of hydrogen-bond donors (Lipinski definition) is 0. The van der Waals surface area contributed by atoms with E-state index in [2.05, 4.69) is 9.97 Å². The first-order chi connectivity index (χ1) is 4.79. The highest BCUT2D eigenvalue weighted by atomic mass is 79.9. The van der Waals surface area contributed by atoms with E-state index >= 15 is 0 Å². The molecule has 0 N–H and O–H groups in total. The fourth-order valence-corrected chi connectivity index (χ4v) is 0.865. The third-order valence-electron chi connectivity index (χ3n) is 1.37. The molecular weight excluding hydrogens is 292 g/mol. The molecule has 64 valence electrons. The summed E-state index contributed by atoms with van der Waals surface area (Å²) < 4.78 is 0. The molecule has 6 heteroatoms. The lowest BCUT2D eigenvalue weighted by Gasteiger charge is -1.58. The molecule has 0 aliphatic carbocycles. The van der Waals surface area contributed by atoms with Crippen molar-refractivity contribution < 1.29 is 0 Å². The first-order valence-electron chi connectivity index (χ1n) is 2.70. The Labute approximate surface area is 87.5 Å². The van der Waals surface area contributed by atoms with Crippen LogP contribution < -0.4 is 11.1 Å². The summed E-state index contributed by atoms with van der Waals surface area (Å²) in [5.74, 6) is 0. The van der Waals surface area contributed by atoms with E-state index in [-0.39, 0.29) is 45.1 Å². The van der Waals surface area contributed by atoms with E-state index in [1.54, 1.807) is 0 Å². The number of hydrogen-bond acceptors (Lipinski definition) is 4. The second kappa shape index (κ2) is 3.86. The highest BCUT2D eigenvalue weighted by molar-refractivity contribution is 8.93. The maximum atomic E-state index is 10.7. The zero-order chi connectivity index (χ0) is 7.14. The van der Waals surface area contributed by atoms with Crippen molar-refractivity contribution in [3.63, 3.8) is 0 Å². The average molecular weight is 296 g/mol. The largest absolute Gasteiger partial charge is 0.279 e. The minimum Gasteiger partial charge on any atom is -0.267 e. The van der Waals surface area contributed by atoms with Crippen LogP contribution in [0.2, 0.25) is 0 Å². The lowest BCUT2D eigenvalue weighted by Crippen LogP contribution is -1.97. The summed E-state index contributed by atoms with van der Waals surface area (Å²) in [5, 5.41) is 0.648. The van der Waals surface area contributed by atoms with Gasteiger partial charge in [-0.25, -0.2) is 9.97 Å². The van der Waals surface area contributed by atoms with E-state index < -0.39 is 0 Å². The SMILES string of the molecule is Br.Br.O=c1ncc2c(=O)ncc1=2. The molecule has 0 saturated carbocycles. The molecule has 0 bridgehead atoms. The van der Waals surface area contributed by atoms with Gasteiger partial charge in [0.15, 0.2) is 0 Å². The summed E-state index contributed by atoms with van der Waals surface area (Å²) in [7, 11) is 0. The standard InChI is InChI=1S/C6H2N2O2.2BrH/c9-5-3-1-7-6(10)4(3)2-8-5;;/h1-2H;2*1H. The van der Waals surface area contributed by atoms with Gasteiger partial charge in [-0.05, 0) is 0 Å². The first-order valence-corrected chi connectivity index (χ1v) is 2.70. The van der Waals surface area contributed by atoms with Crippen LogP contribution in [-0.4, -0.2) is 9.97 Å². The molecule has 2 rings (SSSR count). The van der Waals surface area contributed by atoms with Gasteiger partial charge in [0.1, 0.15) is 0 Å². The van der Waals surface area contributed by atoms with E-state index in [4.69, 9.17) is 0 Å². The van der Waals surface area contributed by atoms with E-state index in [0.29, 0.717) is 10.4 Å². The van der Waals surface area contributed by atoms with E-state index in [1.807, 2.05) is 0 Å². The zero-order valence-corrected chi connectivity index (χ0v) is 9.11. The molecule has 2 heterocycles. The molecule has 0 aromatic carbocycles. The number of halogens is 2. The summed E-state index contributed by atoms with van der Waals surface area (Å²) in [6.45, 7) is 0. The van der Waals surface area contributed by atoms with E-state index in [1.165, 1.54) is 12.4 Å². The van der Waals surface area contributed by atoms with Gasteiger partial charge in [0.05, 0.1) is 10.4 Å². The second-order valence-corrected chi connectivity index (χ2v) is 1.95. The molecule has 2 aliphatic rings. The maximum absolute atomic E-state index is 10.7.